The molecular formula is C38H46N2O6. The molecule has 3 aromatic carbocycles. The second-order valence-electron chi connectivity index (χ2n) is 11.3. The highest BCUT2D eigenvalue weighted by atomic mass is 16.5. The van der Waals surface area contributed by atoms with Crippen molar-refractivity contribution in [2.75, 3.05) is 19.8 Å². The van der Waals surface area contributed by atoms with E-state index in [-0.39, 0.29) is 50.4 Å². The third kappa shape index (κ3) is 13.2. The van der Waals surface area contributed by atoms with Crippen LogP contribution in [-0.4, -0.2) is 54.8 Å². The van der Waals surface area contributed by atoms with E-state index >= 15 is 0 Å². The van der Waals surface area contributed by atoms with Gasteiger partial charge in [0.1, 0.15) is 6.61 Å². The van der Waals surface area contributed by atoms with Crippen molar-refractivity contribution in [3.63, 3.8) is 0 Å². The molecule has 4 atom stereocenters. The van der Waals surface area contributed by atoms with Gasteiger partial charge in [-0.15, -0.1) is 13.2 Å². The van der Waals surface area contributed by atoms with Crippen LogP contribution in [-0.2, 0) is 43.3 Å². The zero-order valence-electron chi connectivity index (χ0n) is 26.4. The summed E-state index contributed by atoms with van der Waals surface area (Å²) in [4.78, 5) is 39.6. The van der Waals surface area contributed by atoms with Crippen molar-refractivity contribution in [1.82, 2.24) is 10.6 Å². The third-order valence-electron chi connectivity index (χ3n) is 7.48. The topological polar surface area (TPSA) is 114 Å². The molecule has 244 valence electrons. The van der Waals surface area contributed by atoms with Crippen LogP contribution in [0, 0.1) is 11.8 Å². The molecule has 0 radical (unpaired) electrons. The van der Waals surface area contributed by atoms with Gasteiger partial charge < -0.3 is 25.2 Å². The molecule has 8 nitrogen and oxygen atoms in total. The first-order valence-corrected chi connectivity index (χ1v) is 15.7. The van der Waals surface area contributed by atoms with Crippen LogP contribution in [0.4, 0.5) is 0 Å². The van der Waals surface area contributed by atoms with Crippen molar-refractivity contribution in [3.8, 4) is 0 Å². The molecule has 2 amide bonds. The Labute approximate surface area is 272 Å². The molecule has 3 N–H and O–H groups in total. The van der Waals surface area contributed by atoms with Crippen molar-refractivity contribution in [1.29, 1.82) is 0 Å². The first-order chi connectivity index (χ1) is 22.4. The Morgan fingerprint density at radius 3 is 1.80 bits per heavy atom. The van der Waals surface area contributed by atoms with E-state index < -0.39 is 23.9 Å². The lowest BCUT2D eigenvalue weighted by atomic mass is 9.96. The summed E-state index contributed by atoms with van der Waals surface area (Å²) in [6.07, 6.45) is 4.87. The van der Waals surface area contributed by atoms with Crippen LogP contribution in [0.1, 0.15) is 36.0 Å². The maximum atomic E-state index is 13.5. The number of benzene rings is 3. The van der Waals surface area contributed by atoms with Gasteiger partial charge in [-0.2, -0.15) is 0 Å². The molecule has 3 aromatic rings. The number of carbonyl (C=O) groups excluding carboxylic acids is 3. The van der Waals surface area contributed by atoms with Gasteiger partial charge in [-0.3, -0.25) is 14.4 Å². The molecule has 0 spiro atoms. The van der Waals surface area contributed by atoms with Crippen LogP contribution in [0.5, 0.6) is 0 Å². The molecule has 0 aromatic heterocycles. The summed E-state index contributed by atoms with van der Waals surface area (Å²) in [6.45, 7) is 7.63. The van der Waals surface area contributed by atoms with E-state index in [0.717, 1.165) is 16.7 Å². The first kappa shape index (κ1) is 35.9. The van der Waals surface area contributed by atoms with E-state index in [4.69, 9.17) is 9.47 Å². The standard InChI is InChI=1S/C38H46N2O6/c1-3-14-32(24-36(42)39-34(25-41)23-30-18-10-6-11-19-30)37(43)40-35(27-45-26-31-20-12-7-13-21-31)28-46-38(44)33(15-4-2)22-29-16-8-5-9-17-29/h3-13,16-21,32-35,41H,1-2,14-15,22-28H2,(H,39,42)(H,40,43)/t32-,33-,34+,35+/m1/s1. The Balaban J connectivity index is 1.63. The Morgan fingerprint density at radius 2 is 1.24 bits per heavy atom. The monoisotopic (exact) mass is 626 g/mol. The molecule has 46 heavy (non-hydrogen) atoms. The van der Waals surface area contributed by atoms with Crippen LogP contribution in [0.2, 0.25) is 0 Å². The summed E-state index contributed by atoms with van der Waals surface area (Å²) < 4.78 is 11.6. The summed E-state index contributed by atoms with van der Waals surface area (Å²) >= 11 is 0. The van der Waals surface area contributed by atoms with Gasteiger partial charge in [-0.25, -0.2) is 0 Å². The van der Waals surface area contributed by atoms with Crippen molar-refractivity contribution in [2.45, 2.75) is 50.8 Å². The number of esters is 1. The minimum atomic E-state index is -0.715. The van der Waals surface area contributed by atoms with Crippen LogP contribution in [0.15, 0.2) is 116 Å². The van der Waals surface area contributed by atoms with Gasteiger partial charge in [-0.05, 0) is 42.4 Å². The van der Waals surface area contributed by atoms with Crippen molar-refractivity contribution in [3.05, 3.63) is 133 Å². The van der Waals surface area contributed by atoms with Gasteiger partial charge in [0.05, 0.1) is 43.7 Å². The summed E-state index contributed by atoms with van der Waals surface area (Å²) in [5.74, 6) is -2.26. The van der Waals surface area contributed by atoms with Gasteiger partial charge in [0.25, 0.3) is 0 Å². The van der Waals surface area contributed by atoms with Crippen molar-refractivity contribution >= 4 is 17.8 Å². The molecule has 0 aliphatic heterocycles. The molecule has 0 saturated heterocycles. The summed E-state index contributed by atoms with van der Waals surface area (Å²) in [7, 11) is 0. The largest absolute Gasteiger partial charge is 0.463 e. The van der Waals surface area contributed by atoms with E-state index in [1.54, 1.807) is 12.2 Å². The molecule has 8 heteroatoms. The molecule has 0 aliphatic rings. The normalized spacial score (nSPS) is 13.4. The van der Waals surface area contributed by atoms with E-state index in [9.17, 15) is 19.5 Å². The Morgan fingerprint density at radius 1 is 0.696 bits per heavy atom. The number of allylic oxidation sites excluding steroid dienone is 2. The number of hydrogen-bond donors (Lipinski definition) is 3. The maximum Gasteiger partial charge on any atom is 0.309 e. The molecular weight excluding hydrogens is 580 g/mol. The minimum Gasteiger partial charge on any atom is -0.463 e. The van der Waals surface area contributed by atoms with E-state index in [1.807, 2.05) is 91.0 Å². The highest BCUT2D eigenvalue weighted by molar-refractivity contribution is 5.86. The van der Waals surface area contributed by atoms with E-state index in [0.29, 0.717) is 25.9 Å². The van der Waals surface area contributed by atoms with E-state index in [1.165, 1.54) is 0 Å². The van der Waals surface area contributed by atoms with Crippen LogP contribution >= 0.6 is 0 Å². The van der Waals surface area contributed by atoms with Gasteiger partial charge >= 0.3 is 5.97 Å². The molecule has 0 bridgehead atoms. The molecule has 0 unspecified atom stereocenters. The van der Waals surface area contributed by atoms with Crippen LogP contribution < -0.4 is 10.6 Å². The van der Waals surface area contributed by atoms with Gasteiger partial charge in [0, 0.05) is 6.42 Å². The van der Waals surface area contributed by atoms with Crippen LogP contribution in [0.25, 0.3) is 0 Å². The SMILES string of the molecule is C=CC[C@H](CC(=O)N[C@H](CO)Cc1ccccc1)C(=O)N[C@@H](COCc1ccccc1)COC(=O)[C@H](CC=C)Cc1ccccc1. The predicted octanol–water partition coefficient (Wildman–Crippen LogP) is 4.97. The Hall–Kier alpha value is -4.53. The molecule has 0 heterocycles. The third-order valence-corrected chi connectivity index (χ3v) is 7.48. The highest BCUT2D eigenvalue weighted by Crippen LogP contribution is 2.16. The van der Waals surface area contributed by atoms with Crippen LogP contribution in [0.3, 0.4) is 0 Å². The number of rotatable bonds is 21. The molecule has 0 aliphatic carbocycles. The number of ether oxygens (including phenoxy) is 2. The number of amides is 2. The second-order valence-corrected chi connectivity index (χ2v) is 11.3. The van der Waals surface area contributed by atoms with Gasteiger partial charge in [0.2, 0.25) is 11.8 Å². The molecule has 3 rings (SSSR count). The first-order valence-electron chi connectivity index (χ1n) is 15.7. The highest BCUT2D eigenvalue weighted by Gasteiger charge is 2.26. The fourth-order valence-electron chi connectivity index (χ4n) is 5.06. The number of aliphatic hydroxyl groups excluding tert-OH is 1. The lowest BCUT2D eigenvalue weighted by Crippen LogP contribution is -2.46. The average Bonchev–Trinajstić information content (AvgIpc) is 3.07. The van der Waals surface area contributed by atoms with Gasteiger partial charge in [0.15, 0.2) is 0 Å². The fraction of sp³-hybridized carbons (Fsp3) is 0.342. The molecule has 0 fully saturated rings. The number of hydrogen-bond acceptors (Lipinski definition) is 6. The lowest BCUT2D eigenvalue weighted by Gasteiger charge is -2.24. The van der Waals surface area contributed by atoms with Crippen molar-refractivity contribution in [2.24, 2.45) is 11.8 Å². The average molecular weight is 627 g/mol. The van der Waals surface area contributed by atoms with Gasteiger partial charge in [-0.1, -0.05) is 103 Å². The fourth-order valence-corrected chi connectivity index (χ4v) is 5.06. The Bertz CT molecular complexity index is 1350. The summed E-state index contributed by atoms with van der Waals surface area (Å²) in [6, 6.07) is 27.7. The maximum absolute atomic E-state index is 13.5. The van der Waals surface area contributed by atoms with Crippen molar-refractivity contribution < 1.29 is 29.0 Å². The quantitative estimate of drug-likeness (QED) is 0.114. The zero-order chi connectivity index (χ0) is 33.0. The summed E-state index contributed by atoms with van der Waals surface area (Å²) in [5, 5.41) is 15.6. The predicted molar refractivity (Wildman–Crippen MR) is 180 cm³/mol. The lowest BCUT2D eigenvalue weighted by molar-refractivity contribution is -0.150. The number of carbonyl (C=O) groups is 3. The molecule has 0 saturated carbocycles. The minimum absolute atomic E-state index is 0.0927. The number of nitrogens with one attached hydrogen (secondary N) is 2. The summed E-state index contributed by atoms with van der Waals surface area (Å²) in [5.41, 5.74) is 2.96. The second kappa shape index (κ2) is 20.5. The smallest absolute Gasteiger partial charge is 0.309 e. The Kier molecular flexibility index (Phi) is 16.0. The number of aliphatic hydroxyl groups is 1. The zero-order valence-corrected chi connectivity index (χ0v) is 26.4. The van der Waals surface area contributed by atoms with E-state index in [2.05, 4.69) is 23.8 Å².